The van der Waals surface area contributed by atoms with Gasteiger partial charge in [-0.3, -0.25) is 0 Å². The van der Waals surface area contributed by atoms with E-state index in [1.54, 1.807) is 6.20 Å². The van der Waals surface area contributed by atoms with Crippen LogP contribution in [0.2, 0.25) is 0 Å². The van der Waals surface area contributed by atoms with Crippen molar-refractivity contribution in [3.63, 3.8) is 0 Å². The van der Waals surface area contributed by atoms with Crippen LogP contribution in [0.4, 0.5) is 17.8 Å². The van der Waals surface area contributed by atoms with Crippen LogP contribution in [0.3, 0.4) is 0 Å². The predicted octanol–water partition coefficient (Wildman–Crippen LogP) is -0.162. The highest BCUT2D eigenvalue weighted by Crippen LogP contribution is 2.23. The van der Waals surface area contributed by atoms with Crippen molar-refractivity contribution in [2.45, 2.75) is 0 Å². The Labute approximate surface area is 175 Å². The molecule has 160 valence electrons. The Bertz CT molecular complexity index is 815. The molecule has 11 heteroatoms. The molecule has 2 aromatic heterocycles. The summed E-state index contributed by atoms with van der Waals surface area (Å²) in [7, 11) is 0. The first-order valence-corrected chi connectivity index (χ1v) is 10.4. The molecular formula is C19H26N8O3. The minimum Gasteiger partial charge on any atom is -0.378 e. The molecule has 3 saturated heterocycles. The van der Waals surface area contributed by atoms with Gasteiger partial charge in [-0.15, -0.1) is 0 Å². The first-order valence-electron chi connectivity index (χ1n) is 10.4. The molecule has 3 aliphatic heterocycles. The van der Waals surface area contributed by atoms with Gasteiger partial charge in [0.05, 0.1) is 39.6 Å². The lowest BCUT2D eigenvalue weighted by Crippen LogP contribution is -2.40. The highest BCUT2D eigenvalue weighted by Gasteiger charge is 2.22. The van der Waals surface area contributed by atoms with Crippen LogP contribution in [0, 0.1) is 0 Å². The van der Waals surface area contributed by atoms with Crippen molar-refractivity contribution in [2.75, 3.05) is 93.6 Å². The Kier molecular flexibility index (Phi) is 5.82. The SMILES string of the molecule is c1cc(-c2nc(N3CCOCC3)nc(N3CCOCC3)n2)nc(N2CCOCC2)n1. The van der Waals surface area contributed by atoms with Gasteiger partial charge in [-0.05, 0) is 6.07 Å². The second-order valence-corrected chi connectivity index (χ2v) is 7.30. The zero-order chi connectivity index (χ0) is 20.2. The Morgan fingerprint density at radius 3 is 1.53 bits per heavy atom. The fraction of sp³-hybridized carbons (Fsp3) is 0.632. The summed E-state index contributed by atoms with van der Waals surface area (Å²) in [6.45, 7) is 8.63. The molecule has 5 rings (SSSR count). The molecule has 0 aliphatic carbocycles. The molecule has 0 N–H and O–H groups in total. The first-order chi connectivity index (χ1) is 14.9. The van der Waals surface area contributed by atoms with E-state index >= 15 is 0 Å². The molecule has 11 nitrogen and oxygen atoms in total. The van der Waals surface area contributed by atoms with Gasteiger partial charge in [0.1, 0.15) is 5.69 Å². The quantitative estimate of drug-likeness (QED) is 0.667. The molecule has 3 aliphatic rings. The van der Waals surface area contributed by atoms with Gasteiger partial charge in [0.2, 0.25) is 17.8 Å². The minimum atomic E-state index is 0.560. The molecule has 0 unspecified atom stereocenters. The van der Waals surface area contributed by atoms with E-state index in [1.165, 1.54) is 0 Å². The smallest absolute Gasteiger partial charge is 0.230 e. The standard InChI is InChI=1S/C19H26N8O3/c1-2-20-17(25-3-9-28-10-4-25)21-15(1)16-22-18(26-5-11-29-12-6-26)24-19(23-16)27-7-13-30-14-8-27/h1-2H,3-14H2. The molecule has 0 radical (unpaired) electrons. The lowest BCUT2D eigenvalue weighted by Gasteiger charge is -2.30. The molecule has 2 aromatic rings. The van der Waals surface area contributed by atoms with E-state index in [2.05, 4.69) is 19.7 Å². The average molecular weight is 414 g/mol. The molecule has 0 saturated carbocycles. The van der Waals surface area contributed by atoms with Gasteiger partial charge < -0.3 is 28.9 Å². The van der Waals surface area contributed by atoms with Crippen LogP contribution in [0.5, 0.6) is 0 Å². The van der Waals surface area contributed by atoms with E-state index in [0.717, 1.165) is 39.3 Å². The fourth-order valence-electron chi connectivity index (χ4n) is 3.67. The Morgan fingerprint density at radius 2 is 1.03 bits per heavy atom. The van der Waals surface area contributed by atoms with E-state index in [0.29, 0.717) is 69.0 Å². The van der Waals surface area contributed by atoms with Crippen molar-refractivity contribution in [3.8, 4) is 11.5 Å². The number of hydrogen-bond donors (Lipinski definition) is 0. The van der Waals surface area contributed by atoms with Crippen LogP contribution >= 0.6 is 0 Å². The molecule has 3 fully saturated rings. The van der Waals surface area contributed by atoms with Gasteiger partial charge in [-0.1, -0.05) is 0 Å². The summed E-state index contributed by atoms with van der Waals surface area (Å²) in [4.78, 5) is 29.9. The topological polar surface area (TPSA) is 102 Å². The monoisotopic (exact) mass is 414 g/mol. The van der Waals surface area contributed by atoms with Crippen molar-refractivity contribution >= 4 is 17.8 Å². The summed E-state index contributed by atoms with van der Waals surface area (Å²) in [5.41, 5.74) is 0.693. The number of anilines is 3. The van der Waals surface area contributed by atoms with Crippen LogP contribution in [-0.4, -0.2) is 104 Å². The fourth-order valence-corrected chi connectivity index (χ4v) is 3.67. The lowest BCUT2D eigenvalue weighted by molar-refractivity contribution is 0.121. The summed E-state index contributed by atoms with van der Waals surface area (Å²) in [5.74, 6) is 2.56. The Balaban J connectivity index is 1.49. The van der Waals surface area contributed by atoms with Crippen LogP contribution < -0.4 is 14.7 Å². The number of morpholine rings is 3. The zero-order valence-electron chi connectivity index (χ0n) is 16.9. The zero-order valence-corrected chi connectivity index (χ0v) is 16.9. The van der Waals surface area contributed by atoms with E-state index in [9.17, 15) is 0 Å². The largest absolute Gasteiger partial charge is 0.378 e. The molecular weight excluding hydrogens is 388 g/mol. The minimum absolute atomic E-state index is 0.560. The second-order valence-electron chi connectivity index (χ2n) is 7.30. The Morgan fingerprint density at radius 1 is 0.567 bits per heavy atom. The van der Waals surface area contributed by atoms with Crippen molar-refractivity contribution < 1.29 is 14.2 Å². The number of aromatic nitrogens is 5. The van der Waals surface area contributed by atoms with Gasteiger partial charge in [-0.25, -0.2) is 9.97 Å². The molecule has 5 heterocycles. The van der Waals surface area contributed by atoms with E-state index in [4.69, 9.17) is 34.1 Å². The Hall–Kier alpha value is -2.63. The molecule has 0 bridgehead atoms. The van der Waals surface area contributed by atoms with Gasteiger partial charge in [-0.2, -0.15) is 15.0 Å². The van der Waals surface area contributed by atoms with Gasteiger partial charge in [0, 0.05) is 45.5 Å². The number of nitrogens with zero attached hydrogens (tertiary/aromatic N) is 8. The number of ether oxygens (including phenoxy) is 3. The van der Waals surface area contributed by atoms with E-state index in [-0.39, 0.29) is 0 Å². The molecule has 0 atom stereocenters. The van der Waals surface area contributed by atoms with Crippen molar-refractivity contribution in [1.29, 1.82) is 0 Å². The maximum Gasteiger partial charge on any atom is 0.230 e. The van der Waals surface area contributed by atoms with Gasteiger partial charge in [0.15, 0.2) is 5.82 Å². The maximum atomic E-state index is 5.49. The molecule has 0 spiro atoms. The third-order valence-electron chi connectivity index (χ3n) is 5.37. The lowest BCUT2D eigenvalue weighted by atomic mass is 10.3. The average Bonchev–Trinajstić information content (AvgIpc) is 2.85. The summed E-state index contributed by atoms with van der Waals surface area (Å²) in [6, 6.07) is 1.85. The van der Waals surface area contributed by atoms with Crippen LogP contribution in [0.1, 0.15) is 0 Å². The summed E-state index contributed by atoms with van der Waals surface area (Å²) in [5, 5.41) is 0. The summed E-state index contributed by atoms with van der Waals surface area (Å²) >= 11 is 0. The van der Waals surface area contributed by atoms with Gasteiger partial charge in [0.25, 0.3) is 0 Å². The first kappa shape index (κ1) is 19.3. The molecule has 0 amide bonds. The third-order valence-corrected chi connectivity index (χ3v) is 5.37. The maximum absolute atomic E-state index is 5.49. The number of rotatable bonds is 4. The van der Waals surface area contributed by atoms with E-state index in [1.807, 2.05) is 6.07 Å². The normalized spacial score (nSPS) is 20.5. The number of hydrogen-bond acceptors (Lipinski definition) is 11. The van der Waals surface area contributed by atoms with Crippen molar-refractivity contribution in [3.05, 3.63) is 12.3 Å². The summed E-state index contributed by atoms with van der Waals surface area (Å²) in [6.07, 6.45) is 1.76. The second kappa shape index (κ2) is 9.02. The van der Waals surface area contributed by atoms with Crippen molar-refractivity contribution in [2.24, 2.45) is 0 Å². The third kappa shape index (κ3) is 4.27. The summed E-state index contributed by atoms with van der Waals surface area (Å²) < 4.78 is 16.4. The highest BCUT2D eigenvalue weighted by atomic mass is 16.5. The van der Waals surface area contributed by atoms with Crippen LogP contribution in [0.15, 0.2) is 12.3 Å². The predicted molar refractivity (Wildman–Crippen MR) is 110 cm³/mol. The van der Waals surface area contributed by atoms with Crippen LogP contribution in [0.25, 0.3) is 11.5 Å². The highest BCUT2D eigenvalue weighted by molar-refractivity contribution is 5.56. The van der Waals surface area contributed by atoms with E-state index < -0.39 is 0 Å². The van der Waals surface area contributed by atoms with Crippen molar-refractivity contribution in [1.82, 2.24) is 24.9 Å². The molecule has 0 aromatic carbocycles. The van der Waals surface area contributed by atoms with Crippen LogP contribution in [-0.2, 0) is 14.2 Å². The van der Waals surface area contributed by atoms with Gasteiger partial charge >= 0.3 is 0 Å². The molecule has 30 heavy (non-hydrogen) atoms.